The average molecular weight is 431 g/mol. The van der Waals surface area contributed by atoms with Crippen LogP contribution in [0.2, 0.25) is 0 Å². The van der Waals surface area contributed by atoms with Gasteiger partial charge in [-0.1, -0.05) is 37.3 Å². The van der Waals surface area contributed by atoms with Crippen molar-refractivity contribution in [3.8, 4) is 0 Å². The fraction of sp³-hybridized carbons (Fsp3) is 0.435. The molecule has 1 unspecified atom stereocenters. The van der Waals surface area contributed by atoms with Crippen LogP contribution in [-0.4, -0.2) is 47.8 Å². The fourth-order valence-electron chi connectivity index (χ4n) is 3.68. The molecule has 6 nitrogen and oxygen atoms in total. The minimum Gasteiger partial charge on any atom is -0.465 e. The predicted octanol–water partition coefficient (Wildman–Crippen LogP) is 3.52. The number of hydrogen-bond donors (Lipinski definition) is 0. The molecule has 0 aliphatic heterocycles. The van der Waals surface area contributed by atoms with Gasteiger partial charge >= 0.3 is 5.97 Å². The van der Waals surface area contributed by atoms with E-state index in [0.29, 0.717) is 31.6 Å². The molecule has 0 spiro atoms. The zero-order valence-electron chi connectivity index (χ0n) is 18.3. The topological polar surface area (TPSA) is 68.6 Å². The Hall–Kier alpha value is -2.54. The molecule has 0 fully saturated rings. The summed E-state index contributed by atoms with van der Waals surface area (Å²) in [6.45, 7) is 7.16. The lowest BCUT2D eigenvalue weighted by molar-refractivity contribution is -0.133. The van der Waals surface area contributed by atoms with Crippen LogP contribution in [0.15, 0.2) is 47.4 Å². The second-order valence-electron chi connectivity index (χ2n) is 6.88. The van der Waals surface area contributed by atoms with Crippen LogP contribution in [0.1, 0.15) is 48.7 Å². The SMILES string of the molecule is CCN(CC)C(=O)C(CC)(SC)c1ccn(Cc2ccccc2)c(=O)c1C(=O)OC. The number of pyridine rings is 1. The number of esters is 1. The first-order chi connectivity index (χ1) is 14.4. The predicted molar refractivity (Wildman–Crippen MR) is 121 cm³/mol. The van der Waals surface area contributed by atoms with Crippen molar-refractivity contribution in [3.63, 3.8) is 0 Å². The van der Waals surface area contributed by atoms with Gasteiger partial charge < -0.3 is 14.2 Å². The van der Waals surface area contributed by atoms with Crippen molar-refractivity contribution in [2.24, 2.45) is 0 Å². The first-order valence-electron chi connectivity index (χ1n) is 10.1. The number of likely N-dealkylation sites (N-methyl/N-ethyl adjacent to an activating group) is 1. The van der Waals surface area contributed by atoms with Gasteiger partial charge in [0, 0.05) is 19.3 Å². The summed E-state index contributed by atoms with van der Waals surface area (Å²) in [5.74, 6) is -0.829. The normalized spacial score (nSPS) is 12.8. The van der Waals surface area contributed by atoms with Gasteiger partial charge in [0.25, 0.3) is 5.56 Å². The zero-order chi connectivity index (χ0) is 22.3. The first-order valence-corrected chi connectivity index (χ1v) is 11.3. The van der Waals surface area contributed by atoms with Gasteiger partial charge in [0.05, 0.1) is 13.7 Å². The Morgan fingerprint density at radius 2 is 1.73 bits per heavy atom. The Morgan fingerprint density at radius 1 is 1.10 bits per heavy atom. The van der Waals surface area contributed by atoms with Gasteiger partial charge in [-0.3, -0.25) is 9.59 Å². The highest BCUT2D eigenvalue weighted by atomic mass is 32.2. The molecule has 0 radical (unpaired) electrons. The van der Waals surface area contributed by atoms with Crippen LogP contribution in [0.5, 0.6) is 0 Å². The molecular formula is C23H30N2O4S. The van der Waals surface area contributed by atoms with Crippen molar-refractivity contribution < 1.29 is 14.3 Å². The van der Waals surface area contributed by atoms with E-state index in [0.717, 1.165) is 5.56 Å². The Kier molecular flexibility index (Phi) is 8.29. The Morgan fingerprint density at radius 3 is 2.23 bits per heavy atom. The van der Waals surface area contributed by atoms with Gasteiger partial charge in [-0.25, -0.2) is 4.79 Å². The summed E-state index contributed by atoms with van der Waals surface area (Å²) in [7, 11) is 1.25. The molecule has 0 bridgehead atoms. The molecule has 0 aliphatic rings. The number of carbonyl (C=O) groups is 2. The van der Waals surface area contributed by atoms with Crippen molar-refractivity contribution in [3.05, 3.63) is 69.6 Å². The lowest BCUT2D eigenvalue weighted by Gasteiger charge is -2.36. The van der Waals surface area contributed by atoms with Gasteiger partial charge in [-0.2, -0.15) is 0 Å². The van der Waals surface area contributed by atoms with Crippen LogP contribution in [0.4, 0.5) is 0 Å². The molecular weight excluding hydrogens is 400 g/mol. The summed E-state index contributed by atoms with van der Waals surface area (Å²) in [4.78, 5) is 41.2. The Balaban J connectivity index is 2.70. The van der Waals surface area contributed by atoms with Crippen LogP contribution in [0, 0.1) is 0 Å². The second-order valence-corrected chi connectivity index (χ2v) is 7.98. The van der Waals surface area contributed by atoms with E-state index in [2.05, 4.69) is 0 Å². The van der Waals surface area contributed by atoms with E-state index < -0.39 is 16.3 Å². The summed E-state index contributed by atoms with van der Waals surface area (Å²) in [6.07, 6.45) is 3.93. The first kappa shape index (κ1) is 23.7. The Bertz CT molecular complexity index is 932. The summed E-state index contributed by atoms with van der Waals surface area (Å²) in [5, 5.41) is 0. The van der Waals surface area contributed by atoms with Crippen LogP contribution in [0.3, 0.4) is 0 Å². The maximum absolute atomic E-state index is 13.5. The third-order valence-electron chi connectivity index (χ3n) is 5.43. The van der Waals surface area contributed by atoms with Crippen molar-refractivity contribution in [1.29, 1.82) is 0 Å². The lowest BCUT2D eigenvalue weighted by Crippen LogP contribution is -2.46. The van der Waals surface area contributed by atoms with Gasteiger partial charge in [0.1, 0.15) is 10.3 Å². The smallest absolute Gasteiger partial charge is 0.343 e. The average Bonchev–Trinajstić information content (AvgIpc) is 2.78. The molecule has 2 rings (SSSR count). The molecule has 1 atom stereocenters. The van der Waals surface area contributed by atoms with Crippen molar-refractivity contribution in [2.45, 2.75) is 38.5 Å². The third kappa shape index (κ3) is 4.46. The van der Waals surface area contributed by atoms with Crippen molar-refractivity contribution >= 4 is 23.6 Å². The van der Waals surface area contributed by atoms with Gasteiger partial charge in [-0.05, 0) is 43.7 Å². The fourth-order valence-corrected chi connectivity index (χ4v) is 4.66. The van der Waals surface area contributed by atoms with E-state index in [-0.39, 0.29) is 11.5 Å². The number of rotatable bonds is 9. The molecule has 0 N–H and O–H groups in total. The lowest BCUT2D eigenvalue weighted by atomic mass is 9.90. The number of nitrogens with zero attached hydrogens (tertiary/aromatic N) is 2. The van der Waals surface area contributed by atoms with Crippen molar-refractivity contribution in [1.82, 2.24) is 9.47 Å². The van der Waals surface area contributed by atoms with Crippen LogP contribution >= 0.6 is 11.8 Å². The van der Waals surface area contributed by atoms with Crippen molar-refractivity contribution in [2.75, 3.05) is 26.5 Å². The van der Waals surface area contributed by atoms with E-state index in [1.807, 2.05) is 57.4 Å². The van der Waals surface area contributed by atoms with Crippen LogP contribution in [-0.2, 0) is 20.8 Å². The number of methoxy groups -OCH3 is 1. The molecule has 30 heavy (non-hydrogen) atoms. The largest absolute Gasteiger partial charge is 0.465 e. The van der Waals surface area contributed by atoms with E-state index in [1.165, 1.54) is 23.4 Å². The highest BCUT2D eigenvalue weighted by molar-refractivity contribution is 8.00. The van der Waals surface area contributed by atoms with E-state index in [4.69, 9.17) is 4.74 Å². The maximum atomic E-state index is 13.5. The number of aromatic nitrogens is 1. The maximum Gasteiger partial charge on any atom is 0.343 e. The zero-order valence-corrected chi connectivity index (χ0v) is 19.1. The number of hydrogen-bond acceptors (Lipinski definition) is 5. The van der Waals surface area contributed by atoms with E-state index >= 15 is 0 Å². The molecule has 1 aromatic carbocycles. The van der Waals surface area contributed by atoms with Gasteiger partial charge in [0.15, 0.2) is 0 Å². The van der Waals surface area contributed by atoms with Gasteiger partial charge in [-0.15, -0.1) is 11.8 Å². The highest BCUT2D eigenvalue weighted by Crippen LogP contribution is 2.41. The number of benzene rings is 1. The second kappa shape index (κ2) is 10.5. The molecule has 0 aliphatic carbocycles. The number of carbonyl (C=O) groups excluding carboxylic acids is 2. The quantitative estimate of drug-likeness (QED) is 0.570. The molecule has 0 saturated heterocycles. The summed E-state index contributed by atoms with van der Waals surface area (Å²) in [5.41, 5.74) is 0.819. The number of thioether (sulfide) groups is 1. The Labute approximate surface area is 182 Å². The van der Waals surface area contributed by atoms with Crippen LogP contribution < -0.4 is 5.56 Å². The monoisotopic (exact) mass is 430 g/mol. The molecule has 2 aromatic rings. The minimum absolute atomic E-state index is 0.0763. The van der Waals surface area contributed by atoms with Crippen LogP contribution in [0.25, 0.3) is 0 Å². The molecule has 1 aromatic heterocycles. The standard InChI is InChI=1S/C23H30N2O4S/c1-6-23(30-5,22(28)24(7-2)8-3)18-14-15-25(16-17-12-10-9-11-13-17)20(26)19(18)21(27)29-4/h9-15H,6-8,16H2,1-5H3. The molecule has 162 valence electrons. The molecule has 0 saturated carbocycles. The highest BCUT2D eigenvalue weighted by Gasteiger charge is 2.44. The minimum atomic E-state index is -1.04. The summed E-state index contributed by atoms with van der Waals surface area (Å²) >= 11 is 1.35. The summed E-state index contributed by atoms with van der Waals surface area (Å²) in [6, 6.07) is 11.3. The van der Waals surface area contributed by atoms with E-state index in [9.17, 15) is 14.4 Å². The number of amides is 1. The molecule has 7 heteroatoms. The van der Waals surface area contributed by atoms with E-state index in [1.54, 1.807) is 17.2 Å². The summed E-state index contributed by atoms with van der Waals surface area (Å²) < 4.78 is 5.39. The molecule has 1 amide bonds. The molecule has 1 heterocycles. The third-order valence-corrected chi connectivity index (χ3v) is 6.81. The number of ether oxygens (including phenoxy) is 1. The van der Waals surface area contributed by atoms with Gasteiger partial charge in [0.2, 0.25) is 5.91 Å².